The number of likely N-dealkylation sites (tertiary alicyclic amines) is 1. The van der Waals surface area contributed by atoms with Crippen molar-refractivity contribution in [1.82, 2.24) is 9.80 Å². The van der Waals surface area contributed by atoms with Gasteiger partial charge < -0.3 is 15.5 Å². The Balaban J connectivity index is 0.00000200. The van der Waals surface area contributed by atoms with Crippen molar-refractivity contribution in [2.45, 2.75) is 45.1 Å². The molecule has 0 bridgehead atoms. The summed E-state index contributed by atoms with van der Waals surface area (Å²) in [6, 6.07) is 0.258. The Hall–Kier alpha value is -0.0300. The smallest absolute Gasteiger partial charge is 0.222 e. The quantitative estimate of drug-likeness (QED) is 0.834. The number of hydrogen-bond donors (Lipinski definition) is 1. The maximum atomic E-state index is 12.3. The molecule has 1 heterocycles. The van der Waals surface area contributed by atoms with Crippen molar-refractivity contribution in [3.8, 4) is 0 Å². The van der Waals surface area contributed by atoms with Crippen molar-refractivity contribution in [1.29, 1.82) is 0 Å². The number of amides is 1. The predicted octanol–water partition coefficient (Wildman–Crippen LogP) is 2.15. The first kappa shape index (κ1) is 21.0. The lowest BCUT2D eigenvalue weighted by Gasteiger charge is -2.22. The van der Waals surface area contributed by atoms with Crippen LogP contribution in [-0.2, 0) is 4.79 Å². The van der Waals surface area contributed by atoms with E-state index < -0.39 is 0 Å². The molecule has 1 unspecified atom stereocenters. The summed E-state index contributed by atoms with van der Waals surface area (Å²) in [6.45, 7) is 6.28. The maximum Gasteiger partial charge on any atom is 0.222 e. The summed E-state index contributed by atoms with van der Waals surface area (Å²) in [4.78, 5) is 16.7. The Morgan fingerprint density at radius 1 is 1.29 bits per heavy atom. The Morgan fingerprint density at radius 3 is 2.57 bits per heavy atom. The van der Waals surface area contributed by atoms with Crippen LogP contribution < -0.4 is 5.73 Å². The van der Waals surface area contributed by atoms with Crippen LogP contribution in [0.1, 0.15) is 39.0 Å². The van der Waals surface area contributed by atoms with Gasteiger partial charge in [0.2, 0.25) is 5.91 Å². The molecule has 21 heavy (non-hydrogen) atoms. The Bertz CT molecular complexity index is 317. The minimum absolute atomic E-state index is 0. The highest BCUT2D eigenvalue weighted by atomic mass is 35.5. The van der Waals surface area contributed by atoms with Crippen molar-refractivity contribution in [2.75, 3.05) is 33.2 Å². The van der Waals surface area contributed by atoms with Gasteiger partial charge >= 0.3 is 0 Å². The van der Waals surface area contributed by atoms with Crippen LogP contribution in [0.4, 0.5) is 0 Å². The maximum absolute atomic E-state index is 12.3. The molecule has 0 aromatic carbocycles. The Kier molecular flexibility index (Phi) is 9.87. The topological polar surface area (TPSA) is 49.6 Å². The van der Waals surface area contributed by atoms with Crippen LogP contribution in [0.25, 0.3) is 0 Å². The van der Waals surface area contributed by atoms with Gasteiger partial charge in [0.25, 0.3) is 0 Å². The molecule has 2 aliphatic rings. The average Bonchev–Trinajstić information content (AvgIpc) is 2.99. The van der Waals surface area contributed by atoms with Gasteiger partial charge in [0, 0.05) is 32.1 Å². The Morgan fingerprint density at radius 2 is 2.00 bits per heavy atom. The molecule has 0 radical (unpaired) electrons. The molecule has 3 atom stereocenters. The highest BCUT2D eigenvalue weighted by Crippen LogP contribution is 2.28. The van der Waals surface area contributed by atoms with Crippen LogP contribution in [0.3, 0.4) is 0 Å². The van der Waals surface area contributed by atoms with Gasteiger partial charge in [-0.15, -0.1) is 24.8 Å². The van der Waals surface area contributed by atoms with E-state index in [9.17, 15) is 4.79 Å². The van der Waals surface area contributed by atoms with E-state index in [0.29, 0.717) is 24.2 Å². The van der Waals surface area contributed by atoms with Gasteiger partial charge in [-0.3, -0.25) is 4.79 Å². The van der Waals surface area contributed by atoms with Gasteiger partial charge in [0.05, 0.1) is 0 Å². The second-order valence-electron chi connectivity index (χ2n) is 6.41. The highest BCUT2D eigenvalue weighted by molar-refractivity contribution is 5.85. The van der Waals surface area contributed by atoms with E-state index in [1.165, 1.54) is 6.42 Å². The van der Waals surface area contributed by atoms with Crippen molar-refractivity contribution < 1.29 is 4.79 Å². The first-order valence-corrected chi connectivity index (χ1v) is 7.82. The SMILES string of the molecule is CCN(C)CC1CCN(C(=O)C[C@@H]2CCC[C@H]2N)C1.Cl.Cl. The fourth-order valence-electron chi connectivity index (χ4n) is 3.45. The lowest BCUT2D eigenvalue weighted by molar-refractivity contribution is -0.131. The zero-order chi connectivity index (χ0) is 13.8. The summed E-state index contributed by atoms with van der Waals surface area (Å²) in [6.07, 6.45) is 5.28. The lowest BCUT2D eigenvalue weighted by atomic mass is 9.99. The van der Waals surface area contributed by atoms with Crippen LogP contribution in [0, 0.1) is 11.8 Å². The first-order chi connectivity index (χ1) is 9.10. The summed E-state index contributed by atoms with van der Waals surface area (Å²) in [7, 11) is 2.15. The van der Waals surface area contributed by atoms with Crippen molar-refractivity contribution in [2.24, 2.45) is 17.6 Å². The van der Waals surface area contributed by atoms with Crippen LogP contribution in [-0.4, -0.2) is 55.0 Å². The third-order valence-electron chi connectivity index (χ3n) is 4.90. The number of carbonyl (C=O) groups excluding carboxylic acids is 1. The van der Waals surface area contributed by atoms with Gasteiger partial charge in [-0.05, 0) is 44.7 Å². The van der Waals surface area contributed by atoms with E-state index in [4.69, 9.17) is 5.73 Å². The number of nitrogens with two attached hydrogens (primary N) is 1. The Labute approximate surface area is 141 Å². The summed E-state index contributed by atoms with van der Waals surface area (Å²) in [5, 5.41) is 0. The molecule has 2 N–H and O–H groups in total. The largest absolute Gasteiger partial charge is 0.342 e. The number of carbonyl (C=O) groups is 1. The molecule has 1 aliphatic heterocycles. The van der Waals surface area contributed by atoms with Gasteiger partial charge in [0.1, 0.15) is 0 Å². The first-order valence-electron chi connectivity index (χ1n) is 7.82. The molecule has 1 aliphatic carbocycles. The predicted molar refractivity (Wildman–Crippen MR) is 92.3 cm³/mol. The van der Waals surface area contributed by atoms with Crippen LogP contribution >= 0.6 is 24.8 Å². The fourth-order valence-corrected chi connectivity index (χ4v) is 3.45. The van der Waals surface area contributed by atoms with Gasteiger partial charge in [0.15, 0.2) is 0 Å². The molecular formula is C15H31Cl2N3O. The molecular weight excluding hydrogens is 309 g/mol. The second-order valence-corrected chi connectivity index (χ2v) is 6.41. The molecule has 1 amide bonds. The molecule has 0 aromatic heterocycles. The van der Waals surface area contributed by atoms with Crippen molar-refractivity contribution in [3.05, 3.63) is 0 Å². The molecule has 6 heteroatoms. The second kappa shape index (κ2) is 9.88. The highest BCUT2D eigenvalue weighted by Gasteiger charge is 2.31. The fraction of sp³-hybridized carbons (Fsp3) is 0.933. The monoisotopic (exact) mass is 339 g/mol. The molecule has 2 fully saturated rings. The molecule has 1 saturated carbocycles. The average molecular weight is 340 g/mol. The zero-order valence-electron chi connectivity index (χ0n) is 13.3. The minimum atomic E-state index is 0. The third kappa shape index (κ3) is 5.93. The van der Waals surface area contributed by atoms with Crippen molar-refractivity contribution in [3.63, 3.8) is 0 Å². The van der Waals surface area contributed by atoms with E-state index in [0.717, 1.165) is 45.4 Å². The van der Waals surface area contributed by atoms with Crippen molar-refractivity contribution >= 4 is 30.7 Å². The van der Waals surface area contributed by atoms with Crippen LogP contribution in [0.2, 0.25) is 0 Å². The number of nitrogens with zero attached hydrogens (tertiary/aromatic N) is 2. The van der Waals surface area contributed by atoms with Gasteiger partial charge in [-0.2, -0.15) is 0 Å². The lowest BCUT2D eigenvalue weighted by Crippen LogP contribution is -2.35. The molecule has 0 spiro atoms. The summed E-state index contributed by atoms with van der Waals surface area (Å²) >= 11 is 0. The zero-order valence-corrected chi connectivity index (χ0v) is 14.9. The van der Waals surface area contributed by atoms with E-state index in [1.54, 1.807) is 0 Å². The standard InChI is InChI=1S/C15H29N3O.2ClH/c1-3-17(2)10-12-7-8-18(11-12)15(19)9-13-5-4-6-14(13)16;;/h12-14H,3-11,16H2,1-2H3;2*1H/t12?,13-,14+;;/m0../s1. The van der Waals surface area contributed by atoms with Gasteiger partial charge in [-0.1, -0.05) is 13.3 Å². The molecule has 1 saturated heterocycles. The van der Waals surface area contributed by atoms with E-state index in [2.05, 4.69) is 23.8 Å². The minimum Gasteiger partial charge on any atom is -0.342 e. The normalized spacial score (nSPS) is 28.4. The number of rotatable bonds is 5. The van der Waals surface area contributed by atoms with E-state index in [-0.39, 0.29) is 30.9 Å². The number of hydrogen-bond acceptors (Lipinski definition) is 3. The number of halogens is 2. The molecule has 126 valence electrons. The summed E-state index contributed by atoms with van der Waals surface area (Å²) in [5.41, 5.74) is 6.06. The molecule has 4 nitrogen and oxygen atoms in total. The summed E-state index contributed by atoms with van der Waals surface area (Å²) in [5.74, 6) is 1.43. The van der Waals surface area contributed by atoms with Gasteiger partial charge in [-0.25, -0.2) is 0 Å². The van der Waals surface area contributed by atoms with E-state index >= 15 is 0 Å². The van der Waals surface area contributed by atoms with E-state index in [1.807, 2.05) is 0 Å². The molecule has 0 aromatic rings. The third-order valence-corrected chi connectivity index (χ3v) is 4.90. The summed E-state index contributed by atoms with van der Waals surface area (Å²) < 4.78 is 0. The van der Waals surface area contributed by atoms with Crippen LogP contribution in [0.5, 0.6) is 0 Å². The molecule has 2 rings (SSSR count). The van der Waals surface area contributed by atoms with Crippen LogP contribution in [0.15, 0.2) is 0 Å².